The Kier molecular flexibility index (Phi) is 38.4. The normalized spacial score (nSPS) is 11.4. The summed E-state index contributed by atoms with van der Waals surface area (Å²) >= 11 is 0. The predicted molar refractivity (Wildman–Crippen MR) is 226 cm³/mol. The van der Waals surface area contributed by atoms with Crippen molar-refractivity contribution in [2.45, 2.75) is 233 Å². The van der Waals surface area contributed by atoms with Crippen LogP contribution < -0.4 is 0 Å². The first-order valence-electron chi connectivity index (χ1n) is 23.1. The fourth-order valence-electron chi connectivity index (χ4n) is 7.52. The molecule has 0 N–H and O–H groups in total. The smallest absolute Gasteiger partial charge is 0.305 e. The first-order chi connectivity index (χ1) is 25.9. The molecule has 0 saturated carbocycles. The van der Waals surface area contributed by atoms with Crippen LogP contribution in [0.25, 0.3) is 0 Å². The number of carbonyl (C=O) groups excluding carboxylic acids is 3. The van der Waals surface area contributed by atoms with Gasteiger partial charge in [-0.2, -0.15) is 0 Å². The van der Waals surface area contributed by atoms with Crippen LogP contribution in [0.2, 0.25) is 0 Å². The summed E-state index contributed by atoms with van der Waals surface area (Å²) in [4.78, 5) is 38.8. The lowest BCUT2D eigenvalue weighted by Gasteiger charge is -2.21. The van der Waals surface area contributed by atoms with Crippen molar-refractivity contribution in [2.24, 2.45) is 11.8 Å². The van der Waals surface area contributed by atoms with E-state index in [9.17, 15) is 14.4 Å². The van der Waals surface area contributed by atoms with Crippen LogP contribution in [0.3, 0.4) is 0 Å². The number of hydrogen-bond donors (Lipinski definition) is 0. The summed E-state index contributed by atoms with van der Waals surface area (Å²) in [5.74, 6) is 1.49. The topological polar surface area (TPSA) is 72.9 Å². The van der Waals surface area contributed by atoms with Crippen molar-refractivity contribution in [2.75, 3.05) is 26.3 Å². The highest BCUT2D eigenvalue weighted by Gasteiger charge is 2.12. The zero-order chi connectivity index (χ0) is 39.0. The maximum Gasteiger partial charge on any atom is 0.305 e. The Hall–Kier alpha value is -1.85. The zero-order valence-corrected chi connectivity index (χ0v) is 35.9. The van der Waals surface area contributed by atoms with E-state index >= 15 is 0 Å². The Morgan fingerprint density at radius 1 is 0.453 bits per heavy atom. The summed E-state index contributed by atoms with van der Waals surface area (Å²) in [6.45, 7) is 15.4. The summed E-state index contributed by atoms with van der Waals surface area (Å²) in [5.41, 5.74) is 0. The van der Waals surface area contributed by atoms with E-state index in [1.807, 2.05) is 4.90 Å². The fraction of sp³-hybridized carbons (Fsp3) is 0.894. The third kappa shape index (κ3) is 34.4. The van der Waals surface area contributed by atoms with E-state index in [2.05, 4.69) is 34.3 Å². The van der Waals surface area contributed by atoms with Crippen molar-refractivity contribution in [3.8, 4) is 0 Å². The van der Waals surface area contributed by atoms with Gasteiger partial charge >= 0.3 is 11.9 Å². The van der Waals surface area contributed by atoms with E-state index in [1.165, 1.54) is 122 Å². The maximum atomic E-state index is 12.4. The van der Waals surface area contributed by atoms with Gasteiger partial charge in [-0.15, -0.1) is 0 Å². The largest absolute Gasteiger partial charge is 0.466 e. The molecule has 0 atom stereocenters. The maximum absolute atomic E-state index is 12.4. The molecule has 53 heavy (non-hydrogen) atoms. The number of rotatable bonds is 41. The SMILES string of the molecule is C=CC(=O)N(CCCCCCCC(=O)OCCCC(CCCCC)CCCCC)CCCCCCCC(=O)OCCCC(CCCCC)CCCCC. The van der Waals surface area contributed by atoms with Gasteiger partial charge in [0, 0.05) is 25.9 Å². The van der Waals surface area contributed by atoms with Crippen LogP contribution in [0.4, 0.5) is 0 Å². The molecule has 0 spiro atoms. The van der Waals surface area contributed by atoms with Gasteiger partial charge < -0.3 is 14.4 Å². The molecule has 0 aliphatic heterocycles. The van der Waals surface area contributed by atoms with Crippen LogP contribution in [0.15, 0.2) is 12.7 Å². The number of unbranched alkanes of at least 4 members (excludes halogenated alkanes) is 16. The number of esters is 2. The molecule has 0 aromatic rings. The molecule has 0 saturated heterocycles. The molecule has 0 fully saturated rings. The molecule has 0 aliphatic rings. The second kappa shape index (κ2) is 39.8. The Bertz CT molecular complexity index is 767. The van der Waals surface area contributed by atoms with Crippen molar-refractivity contribution in [1.82, 2.24) is 4.90 Å². The summed E-state index contributed by atoms with van der Waals surface area (Å²) in [6, 6.07) is 0. The molecule has 6 heteroatoms. The molecule has 0 heterocycles. The first-order valence-corrected chi connectivity index (χ1v) is 23.1. The van der Waals surface area contributed by atoms with Gasteiger partial charge in [0.1, 0.15) is 0 Å². The number of nitrogens with zero attached hydrogens (tertiary/aromatic N) is 1. The summed E-state index contributed by atoms with van der Waals surface area (Å²) in [7, 11) is 0. The average molecular weight is 748 g/mol. The summed E-state index contributed by atoms with van der Waals surface area (Å²) < 4.78 is 11.1. The second-order valence-corrected chi connectivity index (χ2v) is 16.0. The Labute approximate surface area is 329 Å². The molecular weight excluding hydrogens is 659 g/mol. The van der Waals surface area contributed by atoms with E-state index in [4.69, 9.17) is 9.47 Å². The number of ether oxygens (including phenoxy) is 2. The van der Waals surface area contributed by atoms with Crippen molar-refractivity contribution < 1.29 is 23.9 Å². The van der Waals surface area contributed by atoms with Crippen molar-refractivity contribution in [3.63, 3.8) is 0 Å². The lowest BCUT2D eigenvalue weighted by atomic mass is 9.91. The molecule has 0 aromatic carbocycles. The first kappa shape index (κ1) is 51.1. The van der Waals surface area contributed by atoms with Crippen LogP contribution in [0.5, 0.6) is 0 Å². The van der Waals surface area contributed by atoms with Crippen LogP contribution in [-0.4, -0.2) is 49.0 Å². The molecule has 0 rings (SSSR count). The molecular formula is C47H89NO5. The van der Waals surface area contributed by atoms with Crippen LogP contribution in [0, 0.1) is 11.8 Å². The van der Waals surface area contributed by atoms with Crippen molar-refractivity contribution >= 4 is 17.8 Å². The minimum atomic E-state index is -0.0499. The second-order valence-electron chi connectivity index (χ2n) is 16.0. The Balaban J connectivity index is 3.96. The van der Waals surface area contributed by atoms with E-state index in [-0.39, 0.29) is 17.8 Å². The quantitative estimate of drug-likeness (QED) is 0.0354. The van der Waals surface area contributed by atoms with E-state index in [0.29, 0.717) is 26.1 Å². The molecule has 1 amide bonds. The average Bonchev–Trinajstić information content (AvgIpc) is 3.16. The lowest BCUT2D eigenvalue weighted by molar-refractivity contribution is -0.144. The molecule has 0 aliphatic carbocycles. The number of hydrogen-bond acceptors (Lipinski definition) is 5. The fourth-order valence-corrected chi connectivity index (χ4v) is 7.52. The number of amides is 1. The predicted octanol–water partition coefficient (Wildman–Crippen LogP) is 13.9. The summed E-state index contributed by atoms with van der Waals surface area (Å²) in [6.07, 6.45) is 37.8. The highest BCUT2D eigenvalue weighted by Crippen LogP contribution is 2.24. The molecule has 312 valence electrons. The third-order valence-corrected chi connectivity index (χ3v) is 11.0. The molecule has 0 unspecified atom stereocenters. The Morgan fingerprint density at radius 2 is 0.774 bits per heavy atom. The zero-order valence-electron chi connectivity index (χ0n) is 35.9. The van der Waals surface area contributed by atoms with Gasteiger partial charge in [-0.1, -0.05) is 176 Å². The van der Waals surface area contributed by atoms with Gasteiger partial charge in [0.25, 0.3) is 0 Å². The van der Waals surface area contributed by atoms with Gasteiger partial charge in [-0.25, -0.2) is 0 Å². The highest BCUT2D eigenvalue weighted by molar-refractivity contribution is 5.86. The van der Waals surface area contributed by atoms with Gasteiger partial charge in [0.15, 0.2) is 0 Å². The van der Waals surface area contributed by atoms with Crippen LogP contribution in [0.1, 0.15) is 233 Å². The molecule has 6 nitrogen and oxygen atoms in total. The molecule has 0 bridgehead atoms. The van der Waals surface area contributed by atoms with Crippen molar-refractivity contribution in [1.29, 1.82) is 0 Å². The number of carbonyl (C=O) groups is 3. The highest BCUT2D eigenvalue weighted by atomic mass is 16.5. The van der Waals surface area contributed by atoms with Gasteiger partial charge in [0.05, 0.1) is 13.2 Å². The van der Waals surface area contributed by atoms with Crippen molar-refractivity contribution in [3.05, 3.63) is 12.7 Å². The van der Waals surface area contributed by atoms with Gasteiger partial charge in [0.2, 0.25) is 5.91 Å². The van der Waals surface area contributed by atoms with Gasteiger partial charge in [-0.3, -0.25) is 14.4 Å². The van der Waals surface area contributed by atoms with E-state index < -0.39 is 0 Å². The lowest BCUT2D eigenvalue weighted by Crippen LogP contribution is -2.31. The minimum Gasteiger partial charge on any atom is -0.466 e. The van der Waals surface area contributed by atoms with Crippen LogP contribution in [-0.2, 0) is 23.9 Å². The Morgan fingerprint density at radius 3 is 1.11 bits per heavy atom. The molecule has 0 radical (unpaired) electrons. The van der Waals surface area contributed by atoms with E-state index in [0.717, 1.165) is 102 Å². The van der Waals surface area contributed by atoms with E-state index in [1.54, 1.807) is 0 Å². The minimum absolute atomic E-state index is 0.0111. The summed E-state index contributed by atoms with van der Waals surface area (Å²) in [5, 5.41) is 0. The standard InChI is InChI=1S/C47H89NO5/c1-6-11-21-31-43(32-22-12-7-2)35-29-41-52-46(50)37-25-17-15-19-27-39-48(45(49)10-5)40-28-20-16-18-26-38-47(51)53-42-30-36-44(33-23-13-8-3)34-24-14-9-4/h10,43-44H,5-9,11-42H2,1-4H3. The van der Waals surface area contributed by atoms with Gasteiger partial charge in [-0.05, 0) is 69.3 Å². The molecule has 0 aromatic heterocycles. The third-order valence-electron chi connectivity index (χ3n) is 11.0. The van der Waals surface area contributed by atoms with Crippen LogP contribution >= 0.6 is 0 Å². The monoisotopic (exact) mass is 748 g/mol.